The van der Waals surface area contributed by atoms with Gasteiger partial charge in [0.1, 0.15) is 17.7 Å². The molecule has 2 aromatic rings. The Hall–Kier alpha value is -2.90. The van der Waals surface area contributed by atoms with Gasteiger partial charge in [0.2, 0.25) is 0 Å². The lowest BCUT2D eigenvalue weighted by molar-refractivity contribution is -0.150. The summed E-state index contributed by atoms with van der Waals surface area (Å²) >= 11 is 0. The number of aryl methyl sites for hydroxylation is 1. The lowest BCUT2D eigenvalue weighted by Gasteiger charge is -2.38. The number of methoxy groups -OCH3 is 1. The van der Waals surface area contributed by atoms with Crippen LogP contribution in [-0.2, 0) is 33.3 Å². The summed E-state index contributed by atoms with van der Waals surface area (Å²) in [4.78, 5) is 28.0. The second kappa shape index (κ2) is 7.55. The van der Waals surface area contributed by atoms with Gasteiger partial charge < -0.3 is 14.4 Å². The third-order valence-electron chi connectivity index (χ3n) is 4.62. The van der Waals surface area contributed by atoms with Gasteiger partial charge in [-0.3, -0.25) is 4.79 Å². The predicted molar refractivity (Wildman–Crippen MR) is 92.1 cm³/mol. The van der Waals surface area contributed by atoms with Crippen molar-refractivity contribution in [3.8, 4) is 0 Å². The molecule has 0 saturated carbocycles. The van der Waals surface area contributed by atoms with Gasteiger partial charge in [-0.2, -0.15) is 15.0 Å². The number of ether oxygens (including phenoxy) is 2. The number of nitrogens with zero attached hydrogens (tertiary/aromatic N) is 4. The molecule has 3 rings (SSSR count). The van der Waals surface area contributed by atoms with E-state index in [1.54, 1.807) is 13.2 Å². The van der Waals surface area contributed by atoms with E-state index in [2.05, 4.69) is 10.2 Å². The van der Waals surface area contributed by atoms with E-state index in [1.807, 2.05) is 30.3 Å². The fourth-order valence-electron chi connectivity index (χ4n) is 3.26. The van der Waals surface area contributed by atoms with Gasteiger partial charge in [-0.25, -0.2) is 4.79 Å². The molecule has 1 aliphatic heterocycles. The summed E-state index contributed by atoms with van der Waals surface area (Å²) in [5.74, 6) is -0.418. The van der Waals surface area contributed by atoms with Gasteiger partial charge in [0, 0.05) is 20.1 Å². The van der Waals surface area contributed by atoms with Crippen molar-refractivity contribution >= 4 is 12.1 Å². The first-order valence-electron chi connectivity index (χ1n) is 8.46. The normalized spacial score (nSPS) is 19.8. The second-order valence-electron chi connectivity index (χ2n) is 6.36. The van der Waals surface area contributed by atoms with Crippen LogP contribution in [0.1, 0.15) is 24.1 Å². The molecule has 0 radical (unpaired) electrons. The molecule has 138 valence electrons. The third kappa shape index (κ3) is 3.54. The van der Waals surface area contributed by atoms with Crippen LogP contribution in [0.2, 0.25) is 0 Å². The van der Waals surface area contributed by atoms with Gasteiger partial charge in [-0.1, -0.05) is 30.3 Å². The summed E-state index contributed by atoms with van der Waals surface area (Å²) in [6.45, 7) is 0.866. The van der Waals surface area contributed by atoms with E-state index in [-0.39, 0.29) is 13.2 Å². The Bertz CT molecular complexity index is 777. The van der Waals surface area contributed by atoms with Gasteiger partial charge in [0.15, 0.2) is 0 Å². The molecule has 1 aliphatic rings. The number of likely N-dealkylation sites (tertiary alicyclic amines) is 1. The monoisotopic (exact) mass is 358 g/mol. The highest BCUT2D eigenvalue weighted by atomic mass is 16.6. The fraction of sp³-hybridized carbons (Fsp3) is 0.444. The number of hydrogen-bond acceptors (Lipinski definition) is 6. The van der Waals surface area contributed by atoms with Crippen LogP contribution in [0.25, 0.3) is 0 Å². The summed E-state index contributed by atoms with van der Waals surface area (Å²) in [5.41, 5.74) is 0.394. The quantitative estimate of drug-likeness (QED) is 0.773. The summed E-state index contributed by atoms with van der Waals surface area (Å²) in [5, 5.41) is 8.35. The Balaban J connectivity index is 1.75. The molecule has 0 bridgehead atoms. The molecule has 1 unspecified atom stereocenters. The van der Waals surface area contributed by atoms with Crippen molar-refractivity contribution in [2.45, 2.75) is 24.9 Å². The van der Waals surface area contributed by atoms with Crippen molar-refractivity contribution in [1.29, 1.82) is 0 Å². The summed E-state index contributed by atoms with van der Waals surface area (Å²) in [6.07, 6.45) is 2.29. The number of piperidine rings is 1. The van der Waals surface area contributed by atoms with Crippen LogP contribution in [0.5, 0.6) is 0 Å². The highest BCUT2D eigenvalue weighted by molar-refractivity contribution is 5.84. The zero-order chi connectivity index (χ0) is 18.6. The molecule has 26 heavy (non-hydrogen) atoms. The average molecular weight is 358 g/mol. The highest BCUT2D eigenvalue weighted by Gasteiger charge is 2.48. The van der Waals surface area contributed by atoms with E-state index in [0.717, 1.165) is 5.56 Å². The first-order chi connectivity index (χ1) is 12.5. The maximum Gasteiger partial charge on any atom is 0.410 e. The van der Waals surface area contributed by atoms with Gasteiger partial charge in [-0.15, -0.1) is 0 Å². The van der Waals surface area contributed by atoms with E-state index in [0.29, 0.717) is 25.1 Å². The topological polar surface area (TPSA) is 86.5 Å². The molecule has 0 N–H and O–H groups in total. The van der Waals surface area contributed by atoms with Crippen LogP contribution in [0, 0.1) is 0 Å². The number of carbonyl (C=O) groups is 2. The molecule has 1 amide bonds. The number of esters is 1. The van der Waals surface area contributed by atoms with Crippen LogP contribution in [-0.4, -0.2) is 52.2 Å². The maximum absolute atomic E-state index is 12.6. The maximum atomic E-state index is 12.6. The van der Waals surface area contributed by atoms with Crippen LogP contribution in [0.4, 0.5) is 4.79 Å². The number of rotatable bonds is 4. The van der Waals surface area contributed by atoms with E-state index in [9.17, 15) is 9.59 Å². The molecule has 2 heterocycles. The van der Waals surface area contributed by atoms with Crippen LogP contribution >= 0.6 is 0 Å². The SMILES string of the molecule is COC(=O)C1(c2cnn(C)n2)CCCN(C(=O)OCc2ccccc2)C1. The first kappa shape index (κ1) is 17.9. The molecule has 8 heteroatoms. The minimum Gasteiger partial charge on any atom is -0.468 e. The lowest BCUT2D eigenvalue weighted by Crippen LogP contribution is -2.53. The Morgan fingerprint density at radius 2 is 2.04 bits per heavy atom. The Morgan fingerprint density at radius 1 is 1.27 bits per heavy atom. The van der Waals surface area contributed by atoms with E-state index in [4.69, 9.17) is 9.47 Å². The number of hydrogen-bond donors (Lipinski definition) is 0. The summed E-state index contributed by atoms with van der Waals surface area (Å²) in [6, 6.07) is 9.46. The molecule has 1 saturated heterocycles. The molecule has 1 aromatic heterocycles. The van der Waals surface area contributed by atoms with Gasteiger partial charge in [0.25, 0.3) is 0 Å². The van der Waals surface area contributed by atoms with E-state index in [1.165, 1.54) is 16.8 Å². The zero-order valence-electron chi connectivity index (χ0n) is 14.9. The molecular weight excluding hydrogens is 336 g/mol. The van der Waals surface area contributed by atoms with Crippen LogP contribution < -0.4 is 0 Å². The Morgan fingerprint density at radius 3 is 2.69 bits per heavy atom. The molecule has 1 atom stereocenters. The molecule has 8 nitrogen and oxygen atoms in total. The molecule has 1 fully saturated rings. The molecule has 0 aliphatic carbocycles. The Kier molecular flexibility index (Phi) is 5.20. The van der Waals surface area contributed by atoms with Crippen molar-refractivity contribution in [2.75, 3.05) is 20.2 Å². The van der Waals surface area contributed by atoms with Crippen molar-refractivity contribution in [3.05, 3.63) is 47.8 Å². The highest BCUT2D eigenvalue weighted by Crippen LogP contribution is 2.34. The predicted octanol–water partition coefficient (Wildman–Crippen LogP) is 1.66. The zero-order valence-corrected chi connectivity index (χ0v) is 14.9. The number of amides is 1. The van der Waals surface area contributed by atoms with Crippen molar-refractivity contribution in [1.82, 2.24) is 19.9 Å². The minimum absolute atomic E-state index is 0.159. The molecule has 0 spiro atoms. The number of carbonyl (C=O) groups excluding carboxylic acids is 2. The van der Waals surface area contributed by atoms with Gasteiger partial charge in [-0.05, 0) is 18.4 Å². The molecular formula is C18H22N4O4. The smallest absolute Gasteiger partial charge is 0.410 e. The largest absolute Gasteiger partial charge is 0.468 e. The summed E-state index contributed by atoms with van der Waals surface area (Å²) in [7, 11) is 3.02. The van der Waals surface area contributed by atoms with Gasteiger partial charge in [0.05, 0.1) is 13.3 Å². The van der Waals surface area contributed by atoms with Gasteiger partial charge >= 0.3 is 12.1 Å². The molecule has 1 aromatic carbocycles. The van der Waals surface area contributed by atoms with Crippen LogP contribution in [0.15, 0.2) is 36.5 Å². The fourth-order valence-corrected chi connectivity index (χ4v) is 3.26. The lowest BCUT2D eigenvalue weighted by atomic mass is 9.77. The van der Waals surface area contributed by atoms with E-state index >= 15 is 0 Å². The first-order valence-corrected chi connectivity index (χ1v) is 8.46. The third-order valence-corrected chi connectivity index (χ3v) is 4.62. The van der Waals surface area contributed by atoms with Crippen molar-refractivity contribution in [3.63, 3.8) is 0 Å². The summed E-state index contributed by atoms with van der Waals surface area (Å²) < 4.78 is 10.4. The number of aromatic nitrogens is 3. The standard InChI is InChI=1S/C18H22N4O4/c1-21-19-11-15(20-21)18(16(23)25-2)9-6-10-22(13-18)17(24)26-12-14-7-4-3-5-8-14/h3-5,7-8,11H,6,9-10,12-13H2,1-2H3. The van der Waals surface area contributed by atoms with Crippen molar-refractivity contribution in [2.24, 2.45) is 7.05 Å². The second-order valence-corrected chi connectivity index (χ2v) is 6.36. The average Bonchev–Trinajstić information content (AvgIpc) is 3.13. The Labute approximate surface area is 151 Å². The van der Waals surface area contributed by atoms with Crippen LogP contribution in [0.3, 0.4) is 0 Å². The number of benzene rings is 1. The minimum atomic E-state index is -1.02. The van der Waals surface area contributed by atoms with Crippen molar-refractivity contribution < 1.29 is 19.1 Å². The van der Waals surface area contributed by atoms with E-state index < -0.39 is 17.5 Å².